The standard InChI is InChI=1S/C15H18ClN3O2/c1-9-7-10(16)5-6-11(9)17-14(20)18-13-8-12(21-19-13)15(2,3)4/h5-8H,1-4H3,(H2,17,18,19,20). The smallest absolute Gasteiger partial charge is 0.324 e. The second-order valence-electron chi connectivity index (χ2n) is 5.86. The van der Waals surface area contributed by atoms with Crippen LogP contribution in [0.1, 0.15) is 32.1 Å². The number of aromatic nitrogens is 1. The number of carbonyl (C=O) groups excluding carboxylic acids is 1. The lowest BCUT2D eigenvalue weighted by Crippen LogP contribution is -2.20. The van der Waals surface area contributed by atoms with Crippen molar-refractivity contribution in [2.24, 2.45) is 0 Å². The predicted octanol–water partition coefficient (Wildman–Crippen LogP) is 4.58. The van der Waals surface area contributed by atoms with Crippen molar-refractivity contribution in [1.82, 2.24) is 5.16 Å². The highest BCUT2D eigenvalue weighted by atomic mass is 35.5. The number of aryl methyl sites for hydroxylation is 1. The van der Waals surface area contributed by atoms with Crippen LogP contribution >= 0.6 is 11.6 Å². The molecular formula is C15H18ClN3O2. The highest BCUT2D eigenvalue weighted by Gasteiger charge is 2.20. The number of nitrogens with one attached hydrogen (secondary N) is 2. The summed E-state index contributed by atoms with van der Waals surface area (Å²) in [6.07, 6.45) is 0. The van der Waals surface area contributed by atoms with Gasteiger partial charge < -0.3 is 9.84 Å². The zero-order chi connectivity index (χ0) is 15.6. The largest absolute Gasteiger partial charge is 0.359 e. The Bertz CT molecular complexity index is 659. The van der Waals surface area contributed by atoms with Crippen molar-refractivity contribution in [3.63, 3.8) is 0 Å². The molecule has 0 unspecified atom stereocenters. The molecule has 0 aliphatic carbocycles. The summed E-state index contributed by atoms with van der Waals surface area (Å²) in [4.78, 5) is 11.9. The highest BCUT2D eigenvalue weighted by molar-refractivity contribution is 6.30. The molecule has 2 N–H and O–H groups in total. The molecule has 0 saturated carbocycles. The average molecular weight is 308 g/mol. The van der Waals surface area contributed by atoms with Gasteiger partial charge in [-0.3, -0.25) is 5.32 Å². The molecule has 0 fully saturated rings. The second-order valence-corrected chi connectivity index (χ2v) is 6.30. The van der Waals surface area contributed by atoms with Crippen LogP contribution in [0.25, 0.3) is 0 Å². The van der Waals surface area contributed by atoms with Crippen molar-refractivity contribution in [1.29, 1.82) is 0 Å². The lowest BCUT2D eigenvalue weighted by molar-refractivity contribution is 0.262. The Labute approximate surface area is 128 Å². The number of carbonyl (C=O) groups is 1. The minimum absolute atomic E-state index is 0.157. The lowest BCUT2D eigenvalue weighted by Gasteiger charge is -2.12. The summed E-state index contributed by atoms with van der Waals surface area (Å²) < 4.78 is 5.21. The van der Waals surface area contributed by atoms with Crippen LogP contribution in [0.4, 0.5) is 16.3 Å². The van der Waals surface area contributed by atoms with Crippen molar-refractivity contribution in [3.8, 4) is 0 Å². The third kappa shape index (κ3) is 3.98. The molecule has 2 amide bonds. The number of anilines is 2. The molecule has 1 aromatic carbocycles. The molecule has 0 aliphatic heterocycles. The molecular weight excluding hydrogens is 290 g/mol. The van der Waals surface area contributed by atoms with E-state index in [2.05, 4.69) is 15.8 Å². The molecule has 6 heteroatoms. The Kier molecular flexibility index (Phi) is 4.23. The van der Waals surface area contributed by atoms with Crippen LogP contribution in [-0.2, 0) is 5.41 Å². The highest BCUT2D eigenvalue weighted by Crippen LogP contribution is 2.24. The van der Waals surface area contributed by atoms with Crippen molar-refractivity contribution < 1.29 is 9.32 Å². The Morgan fingerprint density at radius 2 is 1.95 bits per heavy atom. The first kappa shape index (κ1) is 15.4. The summed E-state index contributed by atoms with van der Waals surface area (Å²) in [5.41, 5.74) is 1.42. The Morgan fingerprint density at radius 3 is 2.52 bits per heavy atom. The van der Waals surface area contributed by atoms with Crippen molar-refractivity contribution >= 4 is 29.1 Å². The van der Waals surface area contributed by atoms with Gasteiger partial charge in [0.1, 0.15) is 5.76 Å². The zero-order valence-corrected chi connectivity index (χ0v) is 13.2. The maximum absolute atomic E-state index is 11.9. The van der Waals surface area contributed by atoms with Crippen molar-refractivity contribution in [3.05, 3.63) is 40.6 Å². The number of amides is 2. The third-order valence-corrected chi connectivity index (χ3v) is 3.16. The van der Waals surface area contributed by atoms with E-state index in [-0.39, 0.29) is 11.4 Å². The van der Waals surface area contributed by atoms with Crippen LogP contribution in [0.3, 0.4) is 0 Å². The lowest BCUT2D eigenvalue weighted by atomic mass is 9.93. The topological polar surface area (TPSA) is 67.2 Å². The number of hydrogen-bond acceptors (Lipinski definition) is 3. The SMILES string of the molecule is Cc1cc(Cl)ccc1NC(=O)Nc1cc(C(C)(C)C)on1. The van der Waals surface area contributed by atoms with E-state index in [0.717, 1.165) is 5.56 Å². The van der Waals surface area contributed by atoms with E-state index >= 15 is 0 Å². The normalized spacial score (nSPS) is 11.3. The number of halogens is 1. The van der Waals surface area contributed by atoms with Gasteiger partial charge in [0.05, 0.1) is 0 Å². The molecule has 1 aromatic heterocycles. The minimum Gasteiger partial charge on any atom is -0.359 e. The maximum Gasteiger partial charge on any atom is 0.324 e. The number of nitrogens with zero attached hydrogens (tertiary/aromatic N) is 1. The molecule has 5 nitrogen and oxygen atoms in total. The fraction of sp³-hybridized carbons (Fsp3) is 0.333. The molecule has 0 atom stereocenters. The average Bonchev–Trinajstić information content (AvgIpc) is 2.81. The molecule has 2 rings (SSSR count). The van der Waals surface area contributed by atoms with E-state index in [1.807, 2.05) is 27.7 Å². The van der Waals surface area contributed by atoms with Gasteiger partial charge in [-0.25, -0.2) is 4.79 Å². The first-order chi connectivity index (χ1) is 9.75. The van der Waals surface area contributed by atoms with Gasteiger partial charge in [0, 0.05) is 22.2 Å². The predicted molar refractivity (Wildman–Crippen MR) is 84.0 cm³/mol. The number of urea groups is 1. The van der Waals surface area contributed by atoms with E-state index < -0.39 is 0 Å². The molecule has 0 radical (unpaired) electrons. The van der Waals surface area contributed by atoms with Gasteiger partial charge in [0.15, 0.2) is 5.82 Å². The molecule has 0 aliphatic rings. The van der Waals surface area contributed by atoms with Gasteiger partial charge in [0.25, 0.3) is 0 Å². The number of hydrogen-bond donors (Lipinski definition) is 2. The quantitative estimate of drug-likeness (QED) is 0.853. The Balaban J connectivity index is 2.03. The summed E-state index contributed by atoms with van der Waals surface area (Å²) in [7, 11) is 0. The maximum atomic E-state index is 11.9. The van der Waals surface area contributed by atoms with Crippen LogP contribution < -0.4 is 10.6 Å². The van der Waals surface area contributed by atoms with Crippen LogP contribution in [0.5, 0.6) is 0 Å². The fourth-order valence-corrected chi connectivity index (χ4v) is 1.95. The molecule has 0 spiro atoms. The summed E-state index contributed by atoms with van der Waals surface area (Å²) in [5.74, 6) is 1.09. The minimum atomic E-state index is -0.380. The van der Waals surface area contributed by atoms with Crippen LogP contribution in [-0.4, -0.2) is 11.2 Å². The zero-order valence-electron chi connectivity index (χ0n) is 12.5. The van der Waals surface area contributed by atoms with E-state index in [9.17, 15) is 4.79 Å². The van der Waals surface area contributed by atoms with Crippen molar-refractivity contribution in [2.75, 3.05) is 10.6 Å². The van der Waals surface area contributed by atoms with Crippen LogP contribution in [0.15, 0.2) is 28.8 Å². The molecule has 1 heterocycles. The Morgan fingerprint density at radius 1 is 1.24 bits per heavy atom. The first-order valence-corrected chi connectivity index (χ1v) is 6.95. The summed E-state index contributed by atoms with van der Waals surface area (Å²) in [6, 6.07) is 6.59. The van der Waals surface area contributed by atoms with Crippen molar-refractivity contribution in [2.45, 2.75) is 33.1 Å². The molecule has 2 aromatic rings. The number of rotatable bonds is 2. The van der Waals surface area contributed by atoms with Crippen LogP contribution in [0.2, 0.25) is 5.02 Å². The molecule has 112 valence electrons. The summed E-state index contributed by atoms with van der Waals surface area (Å²) in [6.45, 7) is 7.90. The third-order valence-electron chi connectivity index (χ3n) is 2.93. The van der Waals surface area contributed by atoms with E-state index in [0.29, 0.717) is 22.3 Å². The van der Waals surface area contributed by atoms with Gasteiger partial charge in [-0.1, -0.05) is 37.5 Å². The van der Waals surface area contributed by atoms with Gasteiger partial charge in [-0.15, -0.1) is 0 Å². The van der Waals surface area contributed by atoms with Gasteiger partial charge >= 0.3 is 6.03 Å². The summed E-state index contributed by atoms with van der Waals surface area (Å²) in [5, 5.41) is 9.84. The monoisotopic (exact) mass is 307 g/mol. The van der Waals surface area contributed by atoms with E-state index in [1.54, 1.807) is 24.3 Å². The summed E-state index contributed by atoms with van der Waals surface area (Å²) >= 11 is 5.88. The Hall–Kier alpha value is -2.01. The molecule has 21 heavy (non-hydrogen) atoms. The van der Waals surface area contributed by atoms with Crippen LogP contribution in [0, 0.1) is 6.92 Å². The molecule has 0 saturated heterocycles. The number of benzene rings is 1. The second kappa shape index (κ2) is 5.77. The van der Waals surface area contributed by atoms with E-state index in [4.69, 9.17) is 16.1 Å². The van der Waals surface area contributed by atoms with Gasteiger partial charge in [-0.05, 0) is 30.7 Å². The van der Waals surface area contributed by atoms with E-state index in [1.165, 1.54) is 0 Å². The molecule has 0 bridgehead atoms. The van der Waals surface area contributed by atoms with Gasteiger partial charge in [-0.2, -0.15) is 0 Å². The first-order valence-electron chi connectivity index (χ1n) is 6.57. The van der Waals surface area contributed by atoms with Gasteiger partial charge in [0.2, 0.25) is 0 Å². The fourth-order valence-electron chi connectivity index (χ4n) is 1.72.